The lowest BCUT2D eigenvalue weighted by atomic mass is 9.90. The van der Waals surface area contributed by atoms with Crippen LogP contribution in [0.25, 0.3) is 44.0 Å². The summed E-state index contributed by atoms with van der Waals surface area (Å²) in [4.78, 5) is 63.3. The molecule has 5 N–H and O–H groups in total. The molecule has 0 bridgehead atoms. The molecule has 30 nitrogen and oxygen atoms in total. The molecule has 0 unspecified atom stereocenters. The van der Waals surface area contributed by atoms with Crippen LogP contribution in [-0.2, 0) is 69.5 Å². The van der Waals surface area contributed by atoms with E-state index < -0.39 is 48.6 Å². The van der Waals surface area contributed by atoms with Gasteiger partial charge in [-0.25, -0.2) is 53.5 Å². The molecule has 8 heterocycles. The Labute approximate surface area is 638 Å². The van der Waals surface area contributed by atoms with Crippen molar-refractivity contribution in [3.63, 3.8) is 0 Å². The van der Waals surface area contributed by atoms with Gasteiger partial charge in [0.05, 0.1) is 12.2 Å². The number of halogens is 1. The summed E-state index contributed by atoms with van der Waals surface area (Å²) in [6.07, 6.45) is 33.5. The van der Waals surface area contributed by atoms with Gasteiger partial charge in [-0.3, -0.25) is 9.59 Å². The van der Waals surface area contributed by atoms with Gasteiger partial charge in [-0.1, -0.05) is 23.7 Å². The fraction of sp³-hybridized carbons (Fsp3) is 0.468. The predicted octanol–water partition coefficient (Wildman–Crippen LogP) is 8.13. The van der Waals surface area contributed by atoms with Crippen LogP contribution in [0, 0.1) is 55.2 Å². The molecule has 33 heteroatoms. The second-order valence-corrected chi connectivity index (χ2v) is 30.8. The van der Waals surface area contributed by atoms with Gasteiger partial charge in [0.15, 0.2) is 27.9 Å². The summed E-state index contributed by atoms with van der Waals surface area (Å²) in [7, 11) is -1.66. The van der Waals surface area contributed by atoms with Crippen molar-refractivity contribution in [1.29, 1.82) is 0 Å². The molecule has 4 aromatic carbocycles. The van der Waals surface area contributed by atoms with Crippen molar-refractivity contribution in [2.24, 2.45) is 5.73 Å². The maximum Gasteiger partial charge on any atom is 0.407 e. The minimum absolute atomic E-state index is 0.0417. The summed E-state index contributed by atoms with van der Waals surface area (Å²) in [6.45, 7) is 15.1. The fourth-order valence-corrected chi connectivity index (χ4v) is 14.1. The van der Waals surface area contributed by atoms with E-state index in [1.807, 2.05) is 20.8 Å². The van der Waals surface area contributed by atoms with Crippen LogP contribution in [0.5, 0.6) is 5.75 Å². The molecule has 0 saturated carbocycles. The largest absolute Gasteiger partial charge is 0.444 e. The van der Waals surface area contributed by atoms with Crippen molar-refractivity contribution in [1.82, 2.24) is 39.9 Å². The maximum atomic E-state index is 13.2. The third-order valence-electron chi connectivity index (χ3n) is 17.1. The third kappa shape index (κ3) is 23.8. The molecule has 0 aliphatic carbocycles. The number of carbonyl (C=O) groups excluding carboxylic acids is 3. The molecular weight excluding hydrogens is 1460 g/mol. The average Bonchev–Trinajstić information content (AvgIpc) is 1.13. The Morgan fingerprint density at radius 3 is 1.57 bits per heavy atom. The number of rotatable bonds is 26. The SMILES string of the molecule is C#CCNc1ccc(S(=O)(=O)N(C)C)c2nonc12.C#CCOCCCCN.C#CCOCCCCNC(=O)OC(C)(C)C.C#CCOCCCCNC(=O)c1cc2cc3c4c(c2oc1=O)CCCN4CCC3.CN(C)S(=O)(=O)c1ccc(F)c2nonc12.O=COc1cc2cc3c4c(c2oc1=O)CCCN4CCC3. The van der Waals surface area contributed by atoms with Gasteiger partial charge >= 0.3 is 17.3 Å². The number of nitrogens with zero attached hydrogens (tertiary/aromatic N) is 8. The Hall–Kier alpha value is -10.5. The highest BCUT2D eigenvalue weighted by atomic mass is 32.2. The number of amides is 2. The molecule has 110 heavy (non-hydrogen) atoms. The van der Waals surface area contributed by atoms with Crippen LogP contribution in [0.4, 0.5) is 26.2 Å². The number of unbranched alkanes of at least 4 members (excludes halogenated alkanes) is 3. The average molecular weight is 1560 g/mol. The van der Waals surface area contributed by atoms with E-state index in [9.17, 15) is 45.2 Å². The van der Waals surface area contributed by atoms with E-state index in [1.165, 1.54) is 56.8 Å². The minimum atomic E-state index is -3.69. The highest BCUT2D eigenvalue weighted by molar-refractivity contribution is 7.89. The number of aromatic nitrogens is 4. The Kier molecular flexibility index (Phi) is 33.5. The molecule has 0 spiro atoms. The minimum Gasteiger partial charge on any atom is -0.444 e. The van der Waals surface area contributed by atoms with Crippen molar-refractivity contribution in [2.75, 3.05) is 135 Å². The Morgan fingerprint density at radius 1 is 0.618 bits per heavy atom. The van der Waals surface area contributed by atoms with Gasteiger partial charge in [0.25, 0.3) is 12.4 Å². The predicted molar refractivity (Wildman–Crippen MR) is 414 cm³/mol. The van der Waals surface area contributed by atoms with Crippen molar-refractivity contribution >= 4 is 99.6 Å². The molecule has 0 radical (unpaired) electrons. The number of anilines is 3. The highest BCUT2D eigenvalue weighted by Crippen LogP contribution is 2.42. The molecule has 0 fully saturated rings. The summed E-state index contributed by atoms with van der Waals surface area (Å²) in [5.41, 5.74) is 13.1. The van der Waals surface area contributed by atoms with Crippen molar-refractivity contribution in [2.45, 2.75) is 126 Å². The number of ether oxygens (including phenoxy) is 5. The van der Waals surface area contributed by atoms with Crippen LogP contribution in [-0.4, -0.2) is 190 Å². The standard InChI is InChI=1S/C23H26N2O4.C16H15NO4.C12H21NO3.C11H12N4O3S.C8H8FN3O3S.C7H13NO/c1-2-12-28-13-4-3-9-24-22(26)19-15-17-14-16-7-5-10-25-11-6-8-18(20(16)25)21(17)29-23(19)27;18-9-20-13-8-11-7-10-3-1-5-17-6-2-4-12(14(10)17)15(11)21-16(13)19;1-5-9-15-10-7-6-8-13-11(14)16-12(2,3)4;1-4-7-12-8-5-6-9(19(16,17)15(2)3)11-10(8)13-18-14-11;1-12(2)16(13,14)6-4-3-5(9)7-8(6)11-15-10-7;1-2-6-9-7-4-3-5-8/h1,14-15H,3-13H2,(H,24,26);7-9H,1-6H2;1H,6-10H2,2-4H3,(H,13,14);1,5-6,12H,7H2,2-3H3;3-4H,1-2H3;1H,3-8H2. The van der Waals surface area contributed by atoms with E-state index >= 15 is 0 Å². The number of aryl methyl sites for hydroxylation is 4. The maximum absolute atomic E-state index is 13.2. The van der Waals surface area contributed by atoms with Crippen molar-refractivity contribution in [3.8, 4) is 55.1 Å². The molecule has 8 aromatic rings. The number of alkyl carbamates (subject to hydrolysis) is 1. The van der Waals surface area contributed by atoms with Crippen LogP contribution in [0.1, 0.15) is 118 Å². The number of hydrogen-bond acceptors (Lipinski definition) is 26. The zero-order valence-corrected chi connectivity index (χ0v) is 64.6. The van der Waals surface area contributed by atoms with Crippen molar-refractivity contribution < 1.29 is 77.4 Å². The first-order chi connectivity index (χ1) is 52.8. The first kappa shape index (κ1) is 86.8. The molecular formula is C77H95FN12O18S2. The second-order valence-electron chi connectivity index (χ2n) is 26.6. The number of nitrogens with one attached hydrogen (secondary N) is 3. The summed E-state index contributed by atoms with van der Waals surface area (Å²) >= 11 is 0. The Morgan fingerprint density at radius 2 is 1.08 bits per heavy atom. The number of fused-ring (bicyclic) bond motifs is 6. The number of carbonyl (C=O) groups is 3. The van der Waals surface area contributed by atoms with E-state index in [-0.39, 0.29) is 50.2 Å². The molecule has 0 saturated heterocycles. The lowest BCUT2D eigenvalue weighted by molar-refractivity contribution is -0.120. The quantitative estimate of drug-likeness (QED) is 0.0172. The van der Waals surface area contributed by atoms with Gasteiger partial charge in [-0.15, -0.1) is 25.7 Å². The van der Waals surface area contributed by atoms with Crippen molar-refractivity contribution in [3.05, 3.63) is 103 Å². The van der Waals surface area contributed by atoms with Gasteiger partial charge in [0.2, 0.25) is 25.8 Å². The molecule has 4 aliphatic rings. The monoisotopic (exact) mass is 1560 g/mol. The number of benzene rings is 4. The number of nitrogens with two attached hydrogens (primary N) is 1. The Bertz CT molecular complexity index is 5000. The summed E-state index contributed by atoms with van der Waals surface area (Å²) in [5.74, 6) is 8.50. The summed E-state index contributed by atoms with van der Waals surface area (Å²) in [5, 5.41) is 24.1. The lowest BCUT2D eigenvalue weighted by Gasteiger charge is -2.37. The molecule has 0 atom stereocenters. The van der Waals surface area contributed by atoms with E-state index in [0.717, 1.165) is 172 Å². The van der Waals surface area contributed by atoms with E-state index in [1.54, 1.807) is 18.2 Å². The lowest BCUT2D eigenvalue weighted by Crippen LogP contribution is -2.34. The normalized spacial score (nSPS) is 13.3. The number of terminal acetylenes is 4. The van der Waals surface area contributed by atoms with Gasteiger partial charge in [0.1, 0.15) is 51.9 Å². The number of sulfonamides is 2. The molecule has 12 rings (SSSR count). The van der Waals surface area contributed by atoms with Crippen LogP contribution < -0.4 is 47.5 Å². The van der Waals surface area contributed by atoms with Gasteiger partial charge in [0, 0.05) is 121 Å². The smallest absolute Gasteiger partial charge is 0.407 e. The molecule has 4 aliphatic heterocycles. The summed E-state index contributed by atoms with van der Waals surface area (Å²) in [6, 6.07) is 12.6. The van der Waals surface area contributed by atoms with Crippen LogP contribution in [0.3, 0.4) is 0 Å². The van der Waals surface area contributed by atoms with Crippen LogP contribution >= 0.6 is 0 Å². The Balaban J connectivity index is 0.000000189. The van der Waals surface area contributed by atoms with Crippen LogP contribution in [0.2, 0.25) is 0 Å². The van der Waals surface area contributed by atoms with Gasteiger partial charge in [-0.05, 0) is 197 Å². The van der Waals surface area contributed by atoms with Crippen LogP contribution in [0.15, 0.2) is 86.0 Å². The van der Waals surface area contributed by atoms with Gasteiger partial charge in [-0.2, -0.15) is 0 Å². The topological polar surface area (TPSA) is 379 Å². The zero-order chi connectivity index (χ0) is 80.0. The first-order valence-electron chi connectivity index (χ1n) is 35.8. The van der Waals surface area contributed by atoms with Gasteiger partial charge < -0.3 is 64.0 Å². The summed E-state index contributed by atoms with van der Waals surface area (Å²) < 4.78 is 108. The highest BCUT2D eigenvalue weighted by Gasteiger charge is 2.31. The first-order valence-corrected chi connectivity index (χ1v) is 38.7. The second kappa shape index (κ2) is 42.5. The molecule has 590 valence electrons. The zero-order valence-electron chi connectivity index (χ0n) is 63.0. The molecule has 4 aromatic heterocycles. The van der Waals surface area contributed by atoms with E-state index in [2.05, 4.69) is 91.4 Å². The molecule has 2 amide bonds. The number of hydrogen-bond donors (Lipinski definition) is 4. The van der Waals surface area contributed by atoms with E-state index in [4.69, 9.17) is 63.9 Å². The van der Waals surface area contributed by atoms with E-state index in [0.29, 0.717) is 75.0 Å². The fourth-order valence-electron chi connectivity index (χ4n) is 12.1. The third-order valence-corrected chi connectivity index (χ3v) is 20.8.